The number of benzene rings is 1. The quantitative estimate of drug-likeness (QED) is 0.909. The number of carbonyl (C=O) groups excluding carboxylic acids is 1. The number of hydrogen-bond acceptors (Lipinski definition) is 3. The van der Waals surface area contributed by atoms with Crippen LogP contribution in [0.4, 0.5) is 14.9 Å². The number of pyridine rings is 1. The molecule has 6 heteroatoms. The first-order valence-electron chi connectivity index (χ1n) is 6.38. The fraction of sp³-hybridized carbons (Fsp3) is 0.200. The Bertz CT molecular complexity index is 647. The molecule has 0 aliphatic heterocycles. The average molecular weight is 289 g/mol. The van der Waals surface area contributed by atoms with Crippen molar-refractivity contribution in [3.05, 3.63) is 53.5 Å². The summed E-state index contributed by atoms with van der Waals surface area (Å²) < 4.78 is 18.6. The van der Waals surface area contributed by atoms with Crippen LogP contribution in [-0.2, 0) is 6.54 Å². The van der Waals surface area contributed by atoms with Gasteiger partial charge in [-0.2, -0.15) is 0 Å². The average Bonchev–Trinajstić information content (AvgIpc) is 2.48. The van der Waals surface area contributed by atoms with Crippen LogP contribution in [0.1, 0.15) is 11.1 Å². The van der Waals surface area contributed by atoms with Crippen molar-refractivity contribution in [3.63, 3.8) is 0 Å². The maximum absolute atomic E-state index is 13.6. The summed E-state index contributed by atoms with van der Waals surface area (Å²) in [5.41, 5.74) is 1.77. The molecule has 2 aromatic rings. The van der Waals surface area contributed by atoms with E-state index >= 15 is 0 Å². The van der Waals surface area contributed by atoms with Crippen molar-refractivity contribution >= 4 is 11.7 Å². The van der Waals surface area contributed by atoms with Crippen LogP contribution < -0.4 is 15.4 Å². The zero-order valence-electron chi connectivity index (χ0n) is 11.8. The number of carbonyl (C=O) groups is 1. The van der Waals surface area contributed by atoms with Crippen LogP contribution in [-0.4, -0.2) is 18.1 Å². The fourth-order valence-electron chi connectivity index (χ4n) is 1.74. The second-order valence-corrected chi connectivity index (χ2v) is 4.50. The molecule has 0 aliphatic rings. The van der Waals surface area contributed by atoms with Gasteiger partial charge < -0.3 is 15.4 Å². The number of rotatable bonds is 4. The molecular weight excluding hydrogens is 273 g/mol. The number of hydrogen-bond donors (Lipinski definition) is 2. The Kier molecular flexibility index (Phi) is 4.71. The van der Waals surface area contributed by atoms with E-state index < -0.39 is 11.8 Å². The number of urea groups is 1. The zero-order chi connectivity index (χ0) is 15.2. The van der Waals surface area contributed by atoms with E-state index in [9.17, 15) is 9.18 Å². The van der Waals surface area contributed by atoms with Crippen LogP contribution in [0.2, 0.25) is 0 Å². The Labute approximate surface area is 122 Å². The first-order chi connectivity index (χ1) is 10.1. The van der Waals surface area contributed by atoms with E-state index in [4.69, 9.17) is 4.74 Å². The Morgan fingerprint density at radius 2 is 2.14 bits per heavy atom. The van der Waals surface area contributed by atoms with Gasteiger partial charge in [0.15, 0.2) is 0 Å². The number of anilines is 1. The minimum absolute atomic E-state index is 0.144. The number of ether oxygens (including phenoxy) is 1. The molecule has 2 N–H and O–H groups in total. The standard InChI is InChI=1S/C15H16FN3O2/c1-10-3-4-13(12(16)7-10)19-15(20)18-9-11-5-6-17-14(8-11)21-2/h3-8H,9H2,1-2H3,(H2,18,19,20). The van der Waals surface area contributed by atoms with E-state index in [1.54, 1.807) is 31.3 Å². The molecule has 2 amide bonds. The van der Waals surface area contributed by atoms with Gasteiger partial charge in [0.25, 0.3) is 0 Å². The molecule has 21 heavy (non-hydrogen) atoms. The molecule has 0 fully saturated rings. The highest BCUT2D eigenvalue weighted by Crippen LogP contribution is 2.15. The van der Waals surface area contributed by atoms with E-state index in [1.807, 2.05) is 0 Å². The Balaban J connectivity index is 1.92. The summed E-state index contributed by atoms with van der Waals surface area (Å²) in [6, 6.07) is 7.62. The predicted octanol–water partition coefficient (Wildman–Crippen LogP) is 2.86. The minimum atomic E-state index is -0.478. The molecule has 1 aromatic carbocycles. The van der Waals surface area contributed by atoms with Crippen molar-refractivity contribution in [2.75, 3.05) is 12.4 Å². The molecule has 0 unspecified atom stereocenters. The molecule has 1 heterocycles. The maximum Gasteiger partial charge on any atom is 0.319 e. The monoisotopic (exact) mass is 289 g/mol. The van der Waals surface area contributed by atoms with E-state index in [0.717, 1.165) is 11.1 Å². The molecule has 5 nitrogen and oxygen atoms in total. The highest BCUT2D eigenvalue weighted by atomic mass is 19.1. The third-order valence-corrected chi connectivity index (χ3v) is 2.83. The van der Waals surface area contributed by atoms with E-state index in [2.05, 4.69) is 15.6 Å². The molecule has 0 saturated carbocycles. The second-order valence-electron chi connectivity index (χ2n) is 4.50. The van der Waals surface area contributed by atoms with E-state index in [0.29, 0.717) is 5.88 Å². The van der Waals surface area contributed by atoms with Gasteiger partial charge in [-0.25, -0.2) is 14.2 Å². The van der Waals surface area contributed by atoms with Crippen molar-refractivity contribution in [1.82, 2.24) is 10.3 Å². The highest BCUT2D eigenvalue weighted by Gasteiger charge is 2.07. The minimum Gasteiger partial charge on any atom is -0.481 e. The van der Waals surface area contributed by atoms with Gasteiger partial charge in [-0.1, -0.05) is 6.07 Å². The van der Waals surface area contributed by atoms with Crippen LogP contribution in [0.15, 0.2) is 36.5 Å². The van der Waals surface area contributed by atoms with Crippen molar-refractivity contribution in [1.29, 1.82) is 0 Å². The summed E-state index contributed by atoms with van der Waals surface area (Å²) in [5.74, 6) is 0.00928. The van der Waals surface area contributed by atoms with Gasteiger partial charge in [-0.15, -0.1) is 0 Å². The summed E-state index contributed by atoms with van der Waals surface area (Å²) in [7, 11) is 1.52. The number of aryl methyl sites for hydroxylation is 1. The van der Waals surface area contributed by atoms with Crippen molar-refractivity contribution in [3.8, 4) is 5.88 Å². The molecular formula is C15H16FN3O2. The topological polar surface area (TPSA) is 63.2 Å². The van der Waals surface area contributed by atoms with Gasteiger partial charge >= 0.3 is 6.03 Å². The van der Waals surface area contributed by atoms with Gasteiger partial charge in [-0.3, -0.25) is 0 Å². The van der Waals surface area contributed by atoms with Crippen LogP contribution in [0, 0.1) is 12.7 Å². The van der Waals surface area contributed by atoms with Crippen LogP contribution in [0.5, 0.6) is 5.88 Å². The van der Waals surface area contributed by atoms with Gasteiger partial charge in [0.2, 0.25) is 5.88 Å². The second kappa shape index (κ2) is 6.69. The van der Waals surface area contributed by atoms with E-state index in [1.165, 1.54) is 19.2 Å². The molecule has 0 spiro atoms. The third-order valence-electron chi connectivity index (χ3n) is 2.83. The number of halogens is 1. The lowest BCUT2D eigenvalue weighted by molar-refractivity contribution is 0.251. The fourth-order valence-corrected chi connectivity index (χ4v) is 1.74. The maximum atomic E-state index is 13.6. The first kappa shape index (κ1) is 14.8. The molecule has 0 aliphatic carbocycles. The molecule has 0 radical (unpaired) electrons. The molecule has 0 saturated heterocycles. The number of amides is 2. The van der Waals surface area contributed by atoms with Crippen molar-refractivity contribution in [2.45, 2.75) is 13.5 Å². The van der Waals surface area contributed by atoms with Crippen LogP contribution in [0.3, 0.4) is 0 Å². The lowest BCUT2D eigenvalue weighted by Gasteiger charge is -2.09. The lowest BCUT2D eigenvalue weighted by Crippen LogP contribution is -2.28. The number of nitrogens with zero attached hydrogens (tertiary/aromatic N) is 1. The third kappa shape index (κ3) is 4.17. The smallest absolute Gasteiger partial charge is 0.319 e. The Hall–Kier alpha value is -2.63. The van der Waals surface area contributed by atoms with Gasteiger partial charge in [0.05, 0.1) is 12.8 Å². The largest absolute Gasteiger partial charge is 0.481 e. The number of aromatic nitrogens is 1. The van der Waals surface area contributed by atoms with Gasteiger partial charge in [-0.05, 0) is 36.2 Å². The molecule has 110 valence electrons. The number of methoxy groups -OCH3 is 1. The Morgan fingerprint density at radius 1 is 1.33 bits per heavy atom. The van der Waals surface area contributed by atoms with Crippen molar-refractivity contribution < 1.29 is 13.9 Å². The highest BCUT2D eigenvalue weighted by molar-refractivity contribution is 5.89. The predicted molar refractivity (Wildman–Crippen MR) is 77.8 cm³/mol. The van der Waals surface area contributed by atoms with Gasteiger partial charge in [0, 0.05) is 18.8 Å². The normalized spacial score (nSPS) is 10.0. The number of nitrogens with one attached hydrogen (secondary N) is 2. The zero-order valence-corrected chi connectivity index (χ0v) is 11.8. The van der Waals surface area contributed by atoms with E-state index in [-0.39, 0.29) is 12.2 Å². The summed E-state index contributed by atoms with van der Waals surface area (Å²) in [6.07, 6.45) is 1.59. The summed E-state index contributed by atoms with van der Waals surface area (Å²) in [4.78, 5) is 15.7. The SMILES string of the molecule is COc1cc(CNC(=O)Nc2ccc(C)cc2F)ccn1. The van der Waals surface area contributed by atoms with Gasteiger partial charge in [0.1, 0.15) is 5.82 Å². The summed E-state index contributed by atoms with van der Waals surface area (Å²) >= 11 is 0. The summed E-state index contributed by atoms with van der Waals surface area (Å²) in [5, 5.41) is 5.10. The molecule has 0 atom stereocenters. The lowest BCUT2D eigenvalue weighted by atomic mass is 10.2. The van der Waals surface area contributed by atoms with Crippen molar-refractivity contribution in [2.24, 2.45) is 0 Å². The molecule has 1 aromatic heterocycles. The van der Waals surface area contributed by atoms with Crippen LogP contribution >= 0.6 is 0 Å². The molecule has 2 rings (SSSR count). The Morgan fingerprint density at radius 3 is 2.86 bits per heavy atom. The summed E-state index contributed by atoms with van der Waals surface area (Å²) in [6.45, 7) is 2.07. The first-order valence-corrected chi connectivity index (χ1v) is 6.38. The molecule has 0 bridgehead atoms. The van der Waals surface area contributed by atoms with Crippen LogP contribution in [0.25, 0.3) is 0 Å².